The van der Waals surface area contributed by atoms with Crippen LogP contribution in [0.3, 0.4) is 0 Å². The van der Waals surface area contributed by atoms with E-state index in [1.165, 1.54) is 5.56 Å². The summed E-state index contributed by atoms with van der Waals surface area (Å²) in [5, 5.41) is 10.2. The van der Waals surface area contributed by atoms with Crippen molar-refractivity contribution >= 4 is 28.3 Å². The molecule has 0 bridgehead atoms. The van der Waals surface area contributed by atoms with E-state index in [-0.39, 0.29) is 17.6 Å². The van der Waals surface area contributed by atoms with Gasteiger partial charge in [-0.3, -0.25) is 9.69 Å². The molecule has 3 atom stereocenters. The van der Waals surface area contributed by atoms with Crippen molar-refractivity contribution in [3.8, 4) is 11.8 Å². The van der Waals surface area contributed by atoms with E-state index >= 15 is 0 Å². The van der Waals surface area contributed by atoms with Gasteiger partial charge in [-0.2, -0.15) is 5.26 Å². The molecule has 1 fully saturated rings. The molecule has 4 heterocycles. The molecule has 0 unspecified atom stereocenters. The Morgan fingerprint density at radius 2 is 1.97 bits per heavy atom. The summed E-state index contributed by atoms with van der Waals surface area (Å²) in [7, 11) is 1.72. The summed E-state index contributed by atoms with van der Waals surface area (Å²) in [6.07, 6.45) is 1.96. The van der Waals surface area contributed by atoms with Crippen LogP contribution in [0.1, 0.15) is 44.0 Å². The van der Waals surface area contributed by atoms with Crippen molar-refractivity contribution in [2.24, 2.45) is 7.05 Å². The predicted molar refractivity (Wildman–Crippen MR) is 134 cm³/mol. The van der Waals surface area contributed by atoms with Crippen molar-refractivity contribution in [2.75, 3.05) is 24.6 Å². The Bertz CT molecular complexity index is 1330. The molecule has 0 aliphatic carbocycles. The second kappa shape index (κ2) is 8.94. The molecule has 1 saturated heterocycles. The molecule has 0 spiro atoms. The summed E-state index contributed by atoms with van der Waals surface area (Å²) >= 11 is 6.14. The minimum absolute atomic E-state index is 0.0829. The van der Waals surface area contributed by atoms with Gasteiger partial charge >= 0.3 is 0 Å². The first-order chi connectivity index (χ1) is 16.5. The Morgan fingerprint density at radius 1 is 1.21 bits per heavy atom. The number of benzene rings is 1. The van der Waals surface area contributed by atoms with E-state index in [4.69, 9.17) is 16.3 Å². The Hall–Kier alpha value is -3.08. The first kappa shape index (κ1) is 22.7. The number of nitriles is 1. The number of rotatable bonds is 4. The smallest absolute Gasteiger partial charge is 0.295 e. The van der Waals surface area contributed by atoms with Crippen molar-refractivity contribution in [3.05, 3.63) is 63.0 Å². The summed E-state index contributed by atoms with van der Waals surface area (Å²) in [5.74, 6) is 0.335. The third-order valence-corrected chi connectivity index (χ3v) is 7.50. The first-order valence-electron chi connectivity index (χ1n) is 11.8. The van der Waals surface area contributed by atoms with E-state index in [2.05, 4.69) is 46.8 Å². The van der Waals surface area contributed by atoms with Gasteiger partial charge in [-0.05, 0) is 42.7 Å². The maximum absolute atomic E-state index is 13.1. The normalized spacial score (nSPS) is 20.9. The lowest BCUT2D eigenvalue weighted by Crippen LogP contribution is -2.62. The minimum Gasteiger partial charge on any atom is -0.484 e. The fraction of sp³-hybridized carbons (Fsp3) is 0.423. The van der Waals surface area contributed by atoms with Crippen LogP contribution in [0.15, 0.2) is 41.2 Å². The van der Waals surface area contributed by atoms with Crippen molar-refractivity contribution in [2.45, 2.75) is 44.8 Å². The van der Waals surface area contributed by atoms with Crippen molar-refractivity contribution in [1.29, 1.82) is 5.26 Å². The van der Waals surface area contributed by atoms with Gasteiger partial charge in [0.2, 0.25) is 5.75 Å². The molecule has 2 aliphatic heterocycles. The average molecular weight is 478 g/mol. The van der Waals surface area contributed by atoms with Crippen LogP contribution >= 0.6 is 11.6 Å². The summed E-state index contributed by atoms with van der Waals surface area (Å²) in [4.78, 5) is 22.6. The van der Waals surface area contributed by atoms with Gasteiger partial charge in [-0.25, -0.2) is 4.98 Å². The van der Waals surface area contributed by atoms with Gasteiger partial charge in [0.25, 0.3) is 5.56 Å². The zero-order valence-corrected chi connectivity index (χ0v) is 20.4. The third kappa shape index (κ3) is 3.62. The molecule has 0 radical (unpaired) electrons. The van der Waals surface area contributed by atoms with Gasteiger partial charge in [-0.1, -0.05) is 37.6 Å². The predicted octanol–water partition coefficient (Wildman–Crippen LogP) is 4.27. The van der Waals surface area contributed by atoms with E-state index in [1.807, 2.05) is 12.1 Å². The highest BCUT2D eigenvalue weighted by molar-refractivity contribution is 6.30. The van der Waals surface area contributed by atoms with Crippen LogP contribution in [0.4, 0.5) is 5.69 Å². The number of anilines is 1. The summed E-state index contributed by atoms with van der Waals surface area (Å²) in [6, 6.07) is 14.4. The molecule has 2 aromatic heterocycles. The van der Waals surface area contributed by atoms with Crippen LogP contribution in [-0.4, -0.2) is 46.2 Å². The van der Waals surface area contributed by atoms with E-state index in [9.17, 15) is 10.1 Å². The van der Waals surface area contributed by atoms with Crippen molar-refractivity contribution in [3.63, 3.8) is 0 Å². The monoisotopic (exact) mass is 477 g/mol. The van der Waals surface area contributed by atoms with Crippen molar-refractivity contribution < 1.29 is 4.74 Å². The molecule has 0 saturated carbocycles. The van der Waals surface area contributed by atoms with E-state index < -0.39 is 0 Å². The van der Waals surface area contributed by atoms with Gasteiger partial charge in [0, 0.05) is 37.2 Å². The van der Waals surface area contributed by atoms with E-state index in [0.29, 0.717) is 35.1 Å². The SMILES string of the molecule is CC[C@@H]1CN2c3c(c(=O)n(C)c4ccc(C#N)nc34)OC[C@@H]2CN1[C@@H](CC)c1ccc(Cl)cc1. The fourth-order valence-corrected chi connectivity index (χ4v) is 5.61. The van der Waals surface area contributed by atoms with Crippen LogP contribution in [0.2, 0.25) is 5.02 Å². The average Bonchev–Trinajstić information content (AvgIpc) is 2.87. The zero-order valence-electron chi connectivity index (χ0n) is 19.7. The number of aromatic nitrogens is 2. The number of piperazine rings is 1. The molecular weight excluding hydrogens is 450 g/mol. The molecule has 7 nitrogen and oxygen atoms in total. The highest BCUT2D eigenvalue weighted by atomic mass is 35.5. The second-order valence-corrected chi connectivity index (χ2v) is 9.51. The third-order valence-electron chi connectivity index (χ3n) is 7.25. The zero-order chi connectivity index (χ0) is 24.0. The van der Waals surface area contributed by atoms with Gasteiger partial charge in [-0.15, -0.1) is 0 Å². The number of fused-ring (bicyclic) bond motifs is 5. The lowest BCUT2D eigenvalue weighted by molar-refractivity contribution is 0.0720. The highest BCUT2D eigenvalue weighted by Gasteiger charge is 2.41. The lowest BCUT2D eigenvalue weighted by Gasteiger charge is -2.51. The summed E-state index contributed by atoms with van der Waals surface area (Å²) in [5.41, 5.74) is 3.49. The van der Waals surface area contributed by atoms with Gasteiger partial charge < -0.3 is 14.2 Å². The standard InChI is InChI=1S/C26H28ClN5O2/c1-4-19-13-32-20(14-31(19)21(5-2)16-6-8-17(27)9-7-16)15-34-25-24(32)23-22(30(3)26(25)33)11-10-18(12-28)29-23/h6-11,19-21H,4-5,13-15H2,1-3H3/t19-,20+,21+/m1/s1. The number of nitrogens with zero attached hydrogens (tertiary/aromatic N) is 5. The number of ether oxygens (including phenoxy) is 1. The Kier molecular flexibility index (Phi) is 5.97. The Morgan fingerprint density at radius 3 is 2.65 bits per heavy atom. The van der Waals surface area contributed by atoms with Gasteiger partial charge in [0.15, 0.2) is 0 Å². The molecule has 5 rings (SSSR count). The molecule has 34 heavy (non-hydrogen) atoms. The molecule has 8 heteroatoms. The quantitative estimate of drug-likeness (QED) is 0.558. The largest absolute Gasteiger partial charge is 0.484 e. The second-order valence-electron chi connectivity index (χ2n) is 9.07. The summed E-state index contributed by atoms with van der Waals surface area (Å²) in [6.45, 7) is 6.45. The first-order valence-corrected chi connectivity index (χ1v) is 12.2. The number of hydrogen-bond acceptors (Lipinski definition) is 6. The highest BCUT2D eigenvalue weighted by Crippen LogP contribution is 2.41. The lowest BCUT2D eigenvalue weighted by atomic mass is 9.95. The molecule has 0 N–H and O–H groups in total. The number of halogens is 1. The number of aryl methyl sites for hydroxylation is 1. The topological polar surface area (TPSA) is 74.4 Å². The number of pyridine rings is 2. The minimum atomic E-state index is -0.171. The van der Waals surface area contributed by atoms with Crippen LogP contribution < -0.4 is 15.2 Å². The Labute approximate surface area is 204 Å². The van der Waals surface area contributed by atoms with E-state index in [0.717, 1.165) is 36.6 Å². The maximum Gasteiger partial charge on any atom is 0.295 e. The summed E-state index contributed by atoms with van der Waals surface area (Å²) < 4.78 is 7.66. The molecule has 3 aromatic rings. The molecular formula is C26H28ClN5O2. The Balaban J connectivity index is 1.58. The van der Waals surface area contributed by atoms with Crippen LogP contribution in [0, 0.1) is 11.3 Å². The van der Waals surface area contributed by atoms with Gasteiger partial charge in [0.1, 0.15) is 29.6 Å². The van der Waals surface area contributed by atoms with Crippen LogP contribution in [0.5, 0.6) is 5.75 Å². The molecule has 2 aliphatic rings. The van der Waals surface area contributed by atoms with Gasteiger partial charge in [0.05, 0.1) is 11.6 Å². The van der Waals surface area contributed by atoms with Crippen molar-refractivity contribution in [1.82, 2.24) is 14.5 Å². The van der Waals surface area contributed by atoms with Crippen LogP contribution in [0.25, 0.3) is 11.0 Å². The molecule has 176 valence electrons. The molecule has 0 amide bonds. The molecule has 1 aromatic carbocycles. The number of hydrogen-bond donors (Lipinski definition) is 0. The fourth-order valence-electron chi connectivity index (χ4n) is 5.49. The van der Waals surface area contributed by atoms with E-state index in [1.54, 1.807) is 23.7 Å². The maximum atomic E-state index is 13.1. The van der Waals surface area contributed by atoms with Crippen LogP contribution in [-0.2, 0) is 7.05 Å².